The number of sulfonamides is 1. The lowest BCUT2D eigenvalue weighted by atomic mass is 9.95. The van der Waals surface area contributed by atoms with Crippen LogP contribution in [0.3, 0.4) is 0 Å². The Kier molecular flexibility index (Phi) is 6.39. The van der Waals surface area contributed by atoms with Crippen LogP contribution in [0.15, 0.2) is 47.4 Å². The highest BCUT2D eigenvalue weighted by molar-refractivity contribution is 7.89. The Hall–Kier alpha value is -2.25. The smallest absolute Gasteiger partial charge is 0.243 e. The number of rotatable bonds is 5. The van der Waals surface area contributed by atoms with Crippen molar-refractivity contribution in [3.63, 3.8) is 0 Å². The van der Waals surface area contributed by atoms with Gasteiger partial charge in [0.2, 0.25) is 15.9 Å². The Morgan fingerprint density at radius 1 is 1.10 bits per heavy atom. The minimum atomic E-state index is -3.67. The van der Waals surface area contributed by atoms with E-state index in [9.17, 15) is 17.6 Å². The molecule has 29 heavy (non-hydrogen) atoms. The van der Waals surface area contributed by atoms with Crippen LogP contribution in [0.4, 0.5) is 4.39 Å². The zero-order chi connectivity index (χ0) is 21.2. The number of hydrogen-bond acceptors (Lipinski definition) is 3. The summed E-state index contributed by atoms with van der Waals surface area (Å²) in [6.45, 7) is 6.58. The zero-order valence-corrected chi connectivity index (χ0v) is 17.8. The van der Waals surface area contributed by atoms with Crippen LogP contribution < -0.4 is 5.32 Å². The monoisotopic (exact) mass is 418 g/mol. The number of carbonyl (C=O) groups is 1. The number of piperidine rings is 1. The Balaban J connectivity index is 1.60. The Labute approximate surface area is 172 Å². The Bertz CT molecular complexity index is 982. The van der Waals surface area contributed by atoms with Crippen molar-refractivity contribution >= 4 is 15.9 Å². The molecule has 1 aliphatic rings. The molecule has 1 fully saturated rings. The predicted molar refractivity (Wildman–Crippen MR) is 110 cm³/mol. The van der Waals surface area contributed by atoms with E-state index < -0.39 is 15.8 Å². The topological polar surface area (TPSA) is 66.5 Å². The highest BCUT2D eigenvalue weighted by atomic mass is 32.2. The molecule has 0 aliphatic carbocycles. The molecule has 3 rings (SSSR count). The Morgan fingerprint density at radius 3 is 2.31 bits per heavy atom. The third-order valence-electron chi connectivity index (χ3n) is 5.53. The van der Waals surface area contributed by atoms with Gasteiger partial charge in [-0.15, -0.1) is 0 Å². The number of carbonyl (C=O) groups excluding carboxylic acids is 1. The first-order valence-corrected chi connectivity index (χ1v) is 11.3. The Morgan fingerprint density at radius 2 is 1.72 bits per heavy atom. The van der Waals surface area contributed by atoms with E-state index in [4.69, 9.17) is 0 Å². The summed E-state index contributed by atoms with van der Waals surface area (Å²) in [6, 6.07) is 10.9. The molecule has 0 aromatic heterocycles. The molecule has 1 N–H and O–H groups in total. The molecule has 0 spiro atoms. The maximum Gasteiger partial charge on any atom is 0.243 e. The first-order chi connectivity index (χ1) is 13.7. The van der Waals surface area contributed by atoms with E-state index in [2.05, 4.69) is 11.4 Å². The molecule has 1 saturated heterocycles. The third kappa shape index (κ3) is 4.85. The molecule has 2 aromatic rings. The van der Waals surface area contributed by atoms with Crippen LogP contribution in [-0.4, -0.2) is 31.7 Å². The van der Waals surface area contributed by atoms with Crippen LogP contribution in [-0.2, 0) is 14.8 Å². The van der Waals surface area contributed by atoms with Crippen molar-refractivity contribution in [1.82, 2.24) is 9.62 Å². The number of aryl methyl sites for hydroxylation is 2. The predicted octanol–water partition coefficient (Wildman–Crippen LogP) is 3.72. The van der Waals surface area contributed by atoms with Crippen molar-refractivity contribution in [2.45, 2.75) is 44.6 Å². The van der Waals surface area contributed by atoms with Crippen molar-refractivity contribution in [1.29, 1.82) is 0 Å². The molecule has 1 amide bonds. The highest BCUT2D eigenvalue weighted by Gasteiger charge is 2.32. The normalized spacial score (nSPS) is 17.1. The molecule has 2 aromatic carbocycles. The molecular formula is C22H27FN2O3S. The van der Waals surface area contributed by atoms with Crippen molar-refractivity contribution in [3.8, 4) is 0 Å². The van der Waals surface area contributed by atoms with Gasteiger partial charge in [0.1, 0.15) is 5.82 Å². The van der Waals surface area contributed by atoms with Gasteiger partial charge in [0.05, 0.1) is 10.9 Å². The molecule has 1 heterocycles. The maximum atomic E-state index is 13.1. The second kappa shape index (κ2) is 8.63. The van der Waals surface area contributed by atoms with E-state index in [0.717, 1.165) is 23.3 Å². The summed E-state index contributed by atoms with van der Waals surface area (Å²) >= 11 is 0. The second-order valence-corrected chi connectivity index (χ2v) is 9.66. The lowest BCUT2D eigenvalue weighted by Crippen LogP contribution is -2.43. The van der Waals surface area contributed by atoms with E-state index >= 15 is 0 Å². The molecular weight excluding hydrogens is 391 g/mol. The number of nitrogens with one attached hydrogen (secondary N) is 1. The van der Waals surface area contributed by atoms with E-state index in [1.54, 1.807) is 0 Å². The lowest BCUT2D eigenvalue weighted by Gasteiger charge is -2.31. The van der Waals surface area contributed by atoms with Crippen LogP contribution in [0.5, 0.6) is 0 Å². The van der Waals surface area contributed by atoms with E-state index in [1.165, 1.54) is 22.0 Å². The molecule has 1 aliphatic heterocycles. The summed E-state index contributed by atoms with van der Waals surface area (Å²) in [5.41, 5.74) is 3.40. The van der Waals surface area contributed by atoms with Gasteiger partial charge in [-0.05, 0) is 69.0 Å². The van der Waals surface area contributed by atoms with Gasteiger partial charge < -0.3 is 5.32 Å². The third-order valence-corrected chi connectivity index (χ3v) is 7.44. The summed E-state index contributed by atoms with van der Waals surface area (Å²) in [7, 11) is -3.67. The molecule has 0 radical (unpaired) electrons. The van der Waals surface area contributed by atoms with Gasteiger partial charge in [-0.25, -0.2) is 12.8 Å². The van der Waals surface area contributed by atoms with Gasteiger partial charge in [-0.3, -0.25) is 4.79 Å². The molecule has 0 unspecified atom stereocenters. The largest absolute Gasteiger partial charge is 0.349 e. The lowest BCUT2D eigenvalue weighted by molar-refractivity contribution is -0.126. The van der Waals surface area contributed by atoms with Crippen LogP contribution in [0.2, 0.25) is 0 Å². The quantitative estimate of drug-likeness (QED) is 0.805. The van der Waals surface area contributed by atoms with Crippen molar-refractivity contribution in [2.24, 2.45) is 5.92 Å². The maximum absolute atomic E-state index is 13.1. The fourth-order valence-corrected chi connectivity index (χ4v) is 5.30. The van der Waals surface area contributed by atoms with E-state index in [-0.39, 0.29) is 35.9 Å². The van der Waals surface area contributed by atoms with Crippen LogP contribution >= 0.6 is 0 Å². The molecule has 5 nitrogen and oxygen atoms in total. The van der Waals surface area contributed by atoms with E-state index in [1.807, 2.05) is 32.9 Å². The number of hydrogen-bond donors (Lipinski definition) is 1. The molecule has 1 atom stereocenters. The van der Waals surface area contributed by atoms with Gasteiger partial charge >= 0.3 is 0 Å². The van der Waals surface area contributed by atoms with Crippen LogP contribution in [0.25, 0.3) is 0 Å². The molecule has 7 heteroatoms. The molecule has 156 valence electrons. The number of halogens is 1. The van der Waals surface area contributed by atoms with Crippen molar-refractivity contribution in [3.05, 3.63) is 65.0 Å². The summed E-state index contributed by atoms with van der Waals surface area (Å²) in [4.78, 5) is 12.8. The van der Waals surface area contributed by atoms with Gasteiger partial charge in [0, 0.05) is 19.0 Å². The SMILES string of the molecule is Cc1ccc([C@H](C)NC(=O)C2CCN(S(=O)(=O)c3ccc(F)cc3)CC2)c(C)c1. The first-order valence-electron chi connectivity index (χ1n) is 9.81. The number of nitrogens with zero attached hydrogens (tertiary/aromatic N) is 1. The summed E-state index contributed by atoms with van der Waals surface area (Å²) in [5, 5.41) is 3.07. The summed E-state index contributed by atoms with van der Waals surface area (Å²) in [6.07, 6.45) is 0.928. The zero-order valence-electron chi connectivity index (χ0n) is 17.0. The van der Waals surface area contributed by atoms with Crippen LogP contribution in [0, 0.1) is 25.6 Å². The average molecular weight is 419 g/mol. The van der Waals surface area contributed by atoms with Gasteiger partial charge in [-0.1, -0.05) is 23.8 Å². The fraction of sp³-hybridized carbons (Fsp3) is 0.409. The fourth-order valence-electron chi connectivity index (χ4n) is 3.83. The second-order valence-electron chi connectivity index (χ2n) is 7.72. The molecule has 0 saturated carbocycles. The summed E-state index contributed by atoms with van der Waals surface area (Å²) < 4.78 is 39.9. The van der Waals surface area contributed by atoms with Crippen LogP contribution in [0.1, 0.15) is 42.5 Å². The van der Waals surface area contributed by atoms with Gasteiger partial charge in [-0.2, -0.15) is 4.31 Å². The minimum Gasteiger partial charge on any atom is -0.349 e. The molecule has 0 bridgehead atoms. The van der Waals surface area contributed by atoms with Crippen molar-refractivity contribution < 1.29 is 17.6 Å². The minimum absolute atomic E-state index is 0.0451. The first kappa shape index (κ1) is 21.5. The van der Waals surface area contributed by atoms with Gasteiger partial charge in [0.15, 0.2) is 0 Å². The van der Waals surface area contributed by atoms with Gasteiger partial charge in [0.25, 0.3) is 0 Å². The number of amides is 1. The number of benzene rings is 2. The highest BCUT2D eigenvalue weighted by Crippen LogP contribution is 2.25. The van der Waals surface area contributed by atoms with Crippen molar-refractivity contribution in [2.75, 3.05) is 13.1 Å². The van der Waals surface area contributed by atoms with E-state index in [0.29, 0.717) is 12.8 Å². The summed E-state index contributed by atoms with van der Waals surface area (Å²) in [5.74, 6) is -0.739. The average Bonchev–Trinajstić information content (AvgIpc) is 2.68. The standard InChI is InChI=1S/C22H27FN2O3S/c1-15-4-9-21(16(2)14-15)17(3)24-22(26)18-10-12-25(13-11-18)29(27,28)20-7-5-19(23)6-8-20/h4-9,14,17-18H,10-13H2,1-3H3,(H,24,26)/t17-/m0/s1.